The Morgan fingerprint density at radius 2 is 2.10 bits per heavy atom. The van der Waals surface area contributed by atoms with Crippen molar-refractivity contribution in [2.24, 2.45) is 0 Å². The zero-order valence-corrected chi connectivity index (χ0v) is 13.0. The van der Waals surface area contributed by atoms with Crippen LogP contribution in [0.3, 0.4) is 0 Å². The first-order chi connectivity index (χ1) is 10.2. The first-order valence-electron chi connectivity index (χ1n) is 7.41. The molecule has 1 amide bonds. The molecule has 0 bridgehead atoms. The lowest BCUT2D eigenvalue weighted by Gasteiger charge is -2.07. The monoisotopic (exact) mass is 305 g/mol. The van der Waals surface area contributed by atoms with Crippen LogP contribution in [0.1, 0.15) is 57.6 Å². The van der Waals surface area contributed by atoms with Crippen molar-refractivity contribution in [2.45, 2.75) is 52.0 Å². The summed E-state index contributed by atoms with van der Waals surface area (Å²) in [6, 6.07) is 2.06. The second kappa shape index (κ2) is 6.39. The Morgan fingerprint density at radius 3 is 2.86 bits per heavy atom. The van der Waals surface area contributed by atoms with Crippen molar-refractivity contribution >= 4 is 17.2 Å². The molecule has 2 aromatic rings. The van der Waals surface area contributed by atoms with Gasteiger partial charge >= 0.3 is 0 Å². The Morgan fingerprint density at radius 1 is 1.29 bits per heavy atom. The summed E-state index contributed by atoms with van der Waals surface area (Å²) in [7, 11) is 0. The summed E-state index contributed by atoms with van der Waals surface area (Å²) in [5.74, 6) is 0.900. The summed E-state index contributed by atoms with van der Waals surface area (Å²) >= 11 is 1.63. The molecule has 1 aliphatic carbocycles. The Labute approximate surface area is 127 Å². The van der Waals surface area contributed by atoms with Gasteiger partial charge < -0.3 is 9.73 Å². The first-order valence-corrected chi connectivity index (χ1v) is 8.23. The number of fused-ring (bicyclic) bond motifs is 1. The molecule has 0 fully saturated rings. The number of aryl methyl sites for hydroxylation is 3. The number of hydrogen-bond acceptors (Lipinski definition) is 5. The van der Waals surface area contributed by atoms with Gasteiger partial charge in [0.2, 0.25) is 11.8 Å². The van der Waals surface area contributed by atoms with E-state index in [1.54, 1.807) is 18.3 Å². The van der Waals surface area contributed by atoms with Crippen molar-refractivity contribution in [3.05, 3.63) is 33.2 Å². The van der Waals surface area contributed by atoms with Gasteiger partial charge in [-0.15, -0.1) is 21.5 Å². The number of amides is 1. The van der Waals surface area contributed by atoms with E-state index in [1.807, 2.05) is 0 Å². The SMILES string of the molecule is Cc1nnc(CNC(=O)c2cc3c(s2)CCCCCC3)o1. The number of rotatable bonds is 3. The van der Waals surface area contributed by atoms with Crippen molar-refractivity contribution < 1.29 is 9.21 Å². The number of hydrogen-bond donors (Lipinski definition) is 1. The summed E-state index contributed by atoms with van der Waals surface area (Å²) in [4.78, 5) is 14.4. The second-order valence-corrected chi connectivity index (χ2v) is 6.51. The number of nitrogens with one attached hydrogen (secondary N) is 1. The minimum atomic E-state index is -0.0531. The van der Waals surface area contributed by atoms with Gasteiger partial charge in [-0.1, -0.05) is 12.8 Å². The van der Waals surface area contributed by atoms with Crippen molar-refractivity contribution in [1.82, 2.24) is 15.5 Å². The number of aromatic nitrogens is 2. The average Bonchev–Trinajstić information content (AvgIpc) is 3.03. The molecule has 112 valence electrons. The second-order valence-electron chi connectivity index (χ2n) is 5.37. The number of nitrogens with zero attached hydrogens (tertiary/aromatic N) is 2. The standard InChI is InChI=1S/C15H19N3O2S/c1-10-17-18-14(20-10)9-16-15(19)13-8-11-6-4-2-3-5-7-12(11)21-13/h8H,2-7,9H2,1H3,(H,16,19). The molecule has 0 atom stereocenters. The number of thiophene rings is 1. The van der Waals surface area contributed by atoms with Crippen molar-refractivity contribution in [3.63, 3.8) is 0 Å². The van der Waals surface area contributed by atoms with Crippen LogP contribution in [0.5, 0.6) is 0 Å². The van der Waals surface area contributed by atoms with Crippen LogP contribution in [-0.2, 0) is 19.4 Å². The molecular weight excluding hydrogens is 286 g/mol. The molecule has 0 spiro atoms. The van der Waals surface area contributed by atoms with Gasteiger partial charge in [0.05, 0.1) is 11.4 Å². The highest BCUT2D eigenvalue weighted by Gasteiger charge is 2.16. The van der Waals surface area contributed by atoms with Gasteiger partial charge in [-0.25, -0.2) is 0 Å². The zero-order chi connectivity index (χ0) is 14.7. The van der Waals surface area contributed by atoms with Crippen molar-refractivity contribution in [2.75, 3.05) is 0 Å². The quantitative estimate of drug-likeness (QED) is 0.946. The van der Waals surface area contributed by atoms with Gasteiger partial charge in [-0.2, -0.15) is 0 Å². The van der Waals surface area contributed by atoms with E-state index in [0.717, 1.165) is 17.7 Å². The minimum absolute atomic E-state index is 0.0531. The van der Waals surface area contributed by atoms with Crippen LogP contribution < -0.4 is 5.32 Å². The maximum absolute atomic E-state index is 12.2. The molecule has 21 heavy (non-hydrogen) atoms. The molecule has 0 saturated heterocycles. The van der Waals surface area contributed by atoms with Gasteiger partial charge in [0.15, 0.2) is 0 Å². The van der Waals surface area contributed by atoms with E-state index in [2.05, 4.69) is 21.6 Å². The summed E-state index contributed by atoms with van der Waals surface area (Å²) in [6.07, 6.45) is 7.27. The molecule has 5 nitrogen and oxygen atoms in total. The van der Waals surface area contributed by atoms with Gasteiger partial charge in [0.25, 0.3) is 5.91 Å². The van der Waals surface area contributed by atoms with Crippen LogP contribution in [-0.4, -0.2) is 16.1 Å². The molecule has 0 unspecified atom stereocenters. The Hall–Kier alpha value is -1.69. The first kappa shape index (κ1) is 14.3. The van der Waals surface area contributed by atoms with Crippen molar-refractivity contribution in [3.8, 4) is 0 Å². The Balaban J connectivity index is 1.65. The van der Waals surface area contributed by atoms with E-state index < -0.39 is 0 Å². The zero-order valence-electron chi connectivity index (χ0n) is 12.1. The predicted octanol–water partition coefficient (Wildman–Crippen LogP) is 3.03. The minimum Gasteiger partial charge on any atom is -0.424 e. The average molecular weight is 305 g/mol. The number of carbonyl (C=O) groups excluding carboxylic acids is 1. The van der Waals surface area contributed by atoms with Crippen LogP contribution in [0.25, 0.3) is 0 Å². The summed E-state index contributed by atoms with van der Waals surface area (Å²) in [5, 5.41) is 10.5. The fourth-order valence-corrected chi connectivity index (χ4v) is 3.78. The molecule has 0 radical (unpaired) electrons. The molecule has 0 saturated carbocycles. The van der Waals surface area contributed by atoms with E-state index in [9.17, 15) is 4.79 Å². The van der Waals surface area contributed by atoms with E-state index in [0.29, 0.717) is 11.8 Å². The predicted molar refractivity (Wildman–Crippen MR) is 80.4 cm³/mol. The number of carbonyl (C=O) groups is 1. The molecule has 2 aromatic heterocycles. The molecular formula is C15H19N3O2S. The third-order valence-corrected chi connectivity index (χ3v) is 4.92. The normalized spacial score (nSPS) is 15.1. The topological polar surface area (TPSA) is 68.0 Å². The van der Waals surface area contributed by atoms with Crippen LogP contribution in [0, 0.1) is 6.92 Å². The van der Waals surface area contributed by atoms with Crippen LogP contribution in [0.2, 0.25) is 0 Å². The molecule has 1 N–H and O–H groups in total. The van der Waals surface area contributed by atoms with Crippen LogP contribution in [0.4, 0.5) is 0 Å². The molecule has 3 rings (SSSR count). The maximum atomic E-state index is 12.2. The fourth-order valence-electron chi connectivity index (χ4n) is 2.61. The third-order valence-electron chi connectivity index (χ3n) is 3.69. The van der Waals surface area contributed by atoms with E-state index in [4.69, 9.17) is 4.42 Å². The van der Waals surface area contributed by atoms with E-state index in [-0.39, 0.29) is 12.5 Å². The summed E-state index contributed by atoms with van der Waals surface area (Å²) < 4.78 is 5.25. The Bertz CT molecular complexity index is 607. The highest BCUT2D eigenvalue weighted by molar-refractivity contribution is 7.14. The maximum Gasteiger partial charge on any atom is 0.261 e. The highest BCUT2D eigenvalue weighted by atomic mass is 32.1. The van der Waals surface area contributed by atoms with Crippen LogP contribution >= 0.6 is 11.3 Å². The summed E-state index contributed by atoms with van der Waals surface area (Å²) in [5.41, 5.74) is 1.36. The lowest BCUT2D eigenvalue weighted by atomic mass is 10.00. The van der Waals surface area contributed by atoms with Gasteiger partial charge in [0.1, 0.15) is 0 Å². The lowest BCUT2D eigenvalue weighted by Crippen LogP contribution is -2.22. The fraction of sp³-hybridized carbons (Fsp3) is 0.533. The van der Waals surface area contributed by atoms with Crippen molar-refractivity contribution in [1.29, 1.82) is 0 Å². The molecule has 6 heteroatoms. The third kappa shape index (κ3) is 3.50. The van der Waals surface area contributed by atoms with E-state index in [1.165, 1.54) is 36.1 Å². The van der Waals surface area contributed by atoms with Gasteiger partial charge in [-0.3, -0.25) is 4.79 Å². The molecule has 1 aliphatic rings. The van der Waals surface area contributed by atoms with E-state index >= 15 is 0 Å². The molecule has 0 aliphatic heterocycles. The Kier molecular flexibility index (Phi) is 4.34. The summed E-state index contributed by atoms with van der Waals surface area (Å²) in [6.45, 7) is 2.01. The van der Waals surface area contributed by atoms with Crippen LogP contribution in [0.15, 0.2) is 10.5 Å². The van der Waals surface area contributed by atoms with Gasteiger partial charge in [-0.05, 0) is 37.3 Å². The smallest absolute Gasteiger partial charge is 0.261 e. The largest absolute Gasteiger partial charge is 0.424 e. The molecule has 2 heterocycles. The lowest BCUT2D eigenvalue weighted by molar-refractivity contribution is 0.0951. The van der Waals surface area contributed by atoms with Gasteiger partial charge in [0, 0.05) is 11.8 Å². The highest BCUT2D eigenvalue weighted by Crippen LogP contribution is 2.28. The molecule has 0 aromatic carbocycles.